The van der Waals surface area contributed by atoms with Crippen LogP contribution in [0, 0.1) is 5.41 Å². The molecular formula is C19H38O. The van der Waals surface area contributed by atoms with Crippen molar-refractivity contribution in [2.24, 2.45) is 5.41 Å². The van der Waals surface area contributed by atoms with E-state index in [1.165, 1.54) is 83.5 Å². The fraction of sp³-hybridized carbons (Fsp3) is 1.00. The van der Waals surface area contributed by atoms with E-state index in [1.54, 1.807) is 0 Å². The van der Waals surface area contributed by atoms with Gasteiger partial charge in [0.25, 0.3) is 0 Å². The molecule has 1 fully saturated rings. The highest BCUT2D eigenvalue weighted by Gasteiger charge is 2.17. The summed E-state index contributed by atoms with van der Waals surface area (Å²) in [6.07, 6.45) is 19.7. The van der Waals surface area contributed by atoms with Crippen molar-refractivity contribution in [1.82, 2.24) is 0 Å². The molecule has 0 bridgehead atoms. The largest absolute Gasteiger partial charge is 0.393 e. The molecule has 0 aromatic carbocycles. The number of hydrogen-bond acceptors (Lipinski definition) is 1. The Morgan fingerprint density at radius 1 is 0.600 bits per heavy atom. The van der Waals surface area contributed by atoms with Crippen LogP contribution in [0.1, 0.15) is 110 Å². The van der Waals surface area contributed by atoms with E-state index in [4.69, 9.17) is 0 Å². The fourth-order valence-corrected chi connectivity index (χ4v) is 3.47. The van der Waals surface area contributed by atoms with Crippen LogP contribution in [-0.4, -0.2) is 11.2 Å². The van der Waals surface area contributed by atoms with Crippen molar-refractivity contribution in [3.8, 4) is 0 Å². The Kier molecular flexibility index (Phi) is 9.59. The summed E-state index contributed by atoms with van der Waals surface area (Å²) in [6.45, 7) is 4.86. The summed E-state index contributed by atoms with van der Waals surface area (Å²) in [5.41, 5.74) is 0.513. The molecule has 120 valence electrons. The first-order chi connectivity index (χ1) is 9.60. The van der Waals surface area contributed by atoms with E-state index in [2.05, 4.69) is 13.8 Å². The van der Waals surface area contributed by atoms with Gasteiger partial charge in [-0.15, -0.1) is 0 Å². The Morgan fingerprint density at radius 2 is 0.950 bits per heavy atom. The smallest absolute Gasteiger partial charge is 0.0540 e. The third-order valence-electron chi connectivity index (χ3n) is 5.03. The molecule has 1 nitrogen and oxygen atoms in total. The molecule has 0 spiro atoms. The summed E-state index contributed by atoms with van der Waals surface area (Å²) < 4.78 is 0. The Labute approximate surface area is 127 Å². The lowest BCUT2D eigenvalue weighted by atomic mass is 9.81. The van der Waals surface area contributed by atoms with Crippen LogP contribution in [0.5, 0.6) is 0 Å². The summed E-state index contributed by atoms with van der Waals surface area (Å²) >= 11 is 0. The summed E-state index contributed by atoms with van der Waals surface area (Å²) in [4.78, 5) is 0. The van der Waals surface area contributed by atoms with Crippen LogP contribution in [0.4, 0.5) is 0 Å². The SMILES string of the molecule is CC1(C)CCCCCCCCCCCC(O)CCCC1. The van der Waals surface area contributed by atoms with E-state index in [9.17, 15) is 5.11 Å². The van der Waals surface area contributed by atoms with Crippen LogP contribution < -0.4 is 0 Å². The van der Waals surface area contributed by atoms with Crippen LogP contribution in [0.25, 0.3) is 0 Å². The fourth-order valence-electron chi connectivity index (χ4n) is 3.47. The van der Waals surface area contributed by atoms with Gasteiger partial charge in [-0.2, -0.15) is 0 Å². The number of rotatable bonds is 0. The minimum Gasteiger partial charge on any atom is -0.393 e. The minimum absolute atomic E-state index is 0.0335. The maximum atomic E-state index is 9.99. The maximum absolute atomic E-state index is 9.99. The average Bonchev–Trinajstić information content (AvgIpc) is 2.40. The zero-order chi connectivity index (χ0) is 14.7. The summed E-state index contributed by atoms with van der Waals surface area (Å²) in [6, 6.07) is 0. The third kappa shape index (κ3) is 9.80. The Balaban J connectivity index is 2.28. The van der Waals surface area contributed by atoms with Crippen LogP contribution in [0.3, 0.4) is 0 Å². The second-order valence-corrected chi connectivity index (χ2v) is 7.78. The van der Waals surface area contributed by atoms with Gasteiger partial charge in [-0.25, -0.2) is 0 Å². The summed E-state index contributed by atoms with van der Waals surface area (Å²) in [5.74, 6) is 0. The maximum Gasteiger partial charge on any atom is 0.0540 e. The van der Waals surface area contributed by atoms with Gasteiger partial charge in [-0.3, -0.25) is 0 Å². The van der Waals surface area contributed by atoms with Crippen LogP contribution in [0.2, 0.25) is 0 Å². The molecule has 1 N–H and O–H groups in total. The highest BCUT2D eigenvalue weighted by molar-refractivity contribution is 4.69. The monoisotopic (exact) mass is 282 g/mol. The third-order valence-corrected chi connectivity index (χ3v) is 5.03. The van der Waals surface area contributed by atoms with Gasteiger partial charge in [0.1, 0.15) is 0 Å². The van der Waals surface area contributed by atoms with Crippen LogP contribution in [-0.2, 0) is 0 Å². The van der Waals surface area contributed by atoms with Crippen molar-refractivity contribution in [3.63, 3.8) is 0 Å². The molecule has 1 atom stereocenters. The second kappa shape index (κ2) is 10.7. The zero-order valence-electron chi connectivity index (χ0n) is 14.1. The minimum atomic E-state index is -0.0335. The van der Waals surface area contributed by atoms with Gasteiger partial charge >= 0.3 is 0 Å². The molecule has 20 heavy (non-hydrogen) atoms. The first-order valence-corrected chi connectivity index (χ1v) is 9.28. The van der Waals surface area contributed by atoms with Crippen molar-refractivity contribution in [2.45, 2.75) is 116 Å². The van der Waals surface area contributed by atoms with E-state index in [-0.39, 0.29) is 6.10 Å². The van der Waals surface area contributed by atoms with Gasteiger partial charge in [-0.05, 0) is 31.1 Å². The van der Waals surface area contributed by atoms with Gasteiger partial charge in [0, 0.05) is 0 Å². The van der Waals surface area contributed by atoms with Crippen molar-refractivity contribution < 1.29 is 5.11 Å². The molecule has 0 amide bonds. The van der Waals surface area contributed by atoms with Crippen molar-refractivity contribution in [2.75, 3.05) is 0 Å². The molecule has 1 heteroatoms. The van der Waals surface area contributed by atoms with E-state index in [0.29, 0.717) is 5.41 Å². The first-order valence-electron chi connectivity index (χ1n) is 9.28. The van der Waals surface area contributed by atoms with Gasteiger partial charge in [0.05, 0.1) is 6.10 Å². The van der Waals surface area contributed by atoms with Crippen LogP contribution >= 0.6 is 0 Å². The Morgan fingerprint density at radius 3 is 1.50 bits per heavy atom. The van der Waals surface area contributed by atoms with E-state index >= 15 is 0 Å². The topological polar surface area (TPSA) is 20.2 Å². The molecule has 1 aliphatic carbocycles. The highest BCUT2D eigenvalue weighted by Crippen LogP contribution is 2.30. The molecule has 0 aromatic rings. The second-order valence-electron chi connectivity index (χ2n) is 7.78. The number of aliphatic hydroxyl groups excluding tert-OH is 1. The molecular weight excluding hydrogens is 244 g/mol. The van der Waals surface area contributed by atoms with Gasteiger partial charge < -0.3 is 5.11 Å². The molecule has 1 rings (SSSR count). The molecule has 1 saturated carbocycles. The summed E-state index contributed by atoms with van der Waals surface area (Å²) in [5, 5.41) is 9.99. The number of hydrogen-bond donors (Lipinski definition) is 1. The Bertz CT molecular complexity index is 222. The molecule has 0 heterocycles. The van der Waals surface area contributed by atoms with E-state index < -0.39 is 0 Å². The quantitative estimate of drug-likeness (QED) is 0.557. The lowest BCUT2D eigenvalue weighted by molar-refractivity contribution is 0.145. The van der Waals surface area contributed by atoms with Gasteiger partial charge in [0.2, 0.25) is 0 Å². The molecule has 0 aromatic heterocycles. The predicted molar refractivity (Wildman–Crippen MR) is 89.0 cm³/mol. The van der Waals surface area contributed by atoms with E-state index in [1.807, 2.05) is 0 Å². The predicted octanol–water partition coefficient (Wildman–Crippen LogP) is 6.24. The van der Waals surface area contributed by atoms with Gasteiger partial charge in [0.15, 0.2) is 0 Å². The highest BCUT2D eigenvalue weighted by atomic mass is 16.3. The van der Waals surface area contributed by atoms with Crippen molar-refractivity contribution in [1.29, 1.82) is 0 Å². The summed E-state index contributed by atoms with van der Waals surface area (Å²) in [7, 11) is 0. The van der Waals surface area contributed by atoms with Crippen molar-refractivity contribution in [3.05, 3.63) is 0 Å². The normalized spacial score (nSPS) is 28.6. The molecule has 1 aliphatic rings. The van der Waals surface area contributed by atoms with Crippen molar-refractivity contribution >= 4 is 0 Å². The standard InChI is InChI=1S/C19H38O/c1-19(2)16-12-9-7-5-3-4-6-8-10-14-18(20)15-11-13-17-19/h18,20H,3-17H2,1-2H3. The molecule has 0 aliphatic heterocycles. The molecule has 1 unspecified atom stereocenters. The zero-order valence-corrected chi connectivity index (χ0v) is 14.1. The molecule has 0 radical (unpaired) electrons. The van der Waals surface area contributed by atoms with Gasteiger partial charge in [-0.1, -0.05) is 84.5 Å². The molecule has 0 saturated heterocycles. The average molecular weight is 283 g/mol. The lowest BCUT2D eigenvalue weighted by Gasteiger charge is -2.24. The number of aliphatic hydroxyl groups is 1. The van der Waals surface area contributed by atoms with E-state index in [0.717, 1.165) is 12.8 Å². The Hall–Kier alpha value is -0.0400. The first kappa shape index (κ1) is 18.0. The van der Waals surface area contributed by atoms with Crippen LogP contribution in [0.15, 0.2) is 0 Å². The lowest BCUT2D eigenvalue weighted by Crippen LogP contribution is -2.12.